The number of nitrogens with zero attached hydrogens (tertiary/aromatic N) is 4. The maximum atomic E-state index is 4.34. The van der Waals surface area contributed by atoms with Gasteiger partial charge in [-0.3, -0.25) is 4.98 Å². The maximum absolute atomic E-state index is 4.34. The Bertz CT molecular complexity index is 442. The number of hydrogen-bond donors (Lipinski definition) is 0. The summed E-state index contributed by atoms with van der Waals surface area (Å²) in [5.74, 6) is 1.17. The summed E-state index contributed by atoms with van der Waals surface area (Å²) in [6.45, 7) is 6.15. The van der Waals surface area contributed by atoms with Gasteiger partial charge >= 0.3 is 0 Å². The predicted octanol–water partition coefficient (Wildman–Crippen LogP) is 2.09. The van der Waals surface area contributed by atoms with E-state index in [9.17, 15) is 0 Å². The number of aryl methyl sites for hydroxylation is 1. The molecule has 0 aliphatic carbocycles. The molecule has 0 saturated heterocycles. The van der Waals surface area contributed by atoms with E-state index in [4.69, 9.17) is 0 Å². The Morgan fingerprint density at radius 2 is 2.00 bits per heavy atom. The fraction of sp³-hybridized carbons (Fsp3) is 0.364. The van der Waals surface area contributed by atoms with E-state index in [1.165, 1.54) is 0 Å². The van der Waals surface area contributed by atoms with Crippen molar-refractivity contribution >= 4 is 0 Å². The first kappa shape index (κ1) is 9.83. The second kappa shape index (κ2) is 3.81. The molecule has 0 N–H and O–H groups in total. The van der Waals surface area contributed by atoms with Crippen LogP contribution >= 0.6 is 0 Å². The monoisotopic (exact) mass is 202 g/mol. The molecule has 2 rings (SSSR count). The van der Waals surface area contributed by atoms with Gasteiger partial charge in [0.15, 0.2) is 5.82 Å². The van der Waals surface area contributed by atoms with Crippen LogP contribution in [0, 0.1) is 6.92 Å². The first-order valence-corrected chi connectivity index (χ1v) is 5.01. The molecule has 0 radical (unpaired) electrons. The van der Waals surface area contributed by atoms with E-state index in [1.54, 1.807) is 17.1 Å². The Kier molecular flexibility index (Phi) is 2.49. The van der Waals surface area contributed by atoms with Crippen molar-refractivity contribution in [2.45, 2.75) is 26.7 Å². The van der Waals surface area contributed by atoms with Crippen molar-refractivity contribution in [3.63, 3.8) is 0 Å². The SMILES string of the molecule is Cc1ccn(-c2cnc(C(C)C)cn2)n1. The summed E-state index contributed by atoms with van der Waals surface area (Å²) >= 11 is 0. The molecule has 0 bridgehead atoms. The Hall–Kier alpha value is -1.71. The summed E-state index contributed by atoms with van der Waals surface area (Å²) in [6, 6.07) is 1.94. The normalized spacial score (nSPS) is 10.9. The second-order valence-corrected chi connectivity index (χ2v) is 3.86. The van der Waals surface area contributed by atoms with Gasteiger partial charge in [-0.1, -0.05) is 13.8 Å². The minimum Gasteiger partial charge on any atom is -0.255 e. The van der Waals surface area contributed by atoms with Crippen molar-refractivity contribution in [3.05, 3.63) is 36.0 Å². The summed E-state index contributed by atoms with van der Waals surface area (Å²) < 4.78 is 1.73. The van der Waals surface area contributed by atoms with Crippen LogP contribution in [0.3, 0.4) is 0 Å². The van der Waals surface area contributed by atoms with Gasteiger partial charge < -0.3 is 0 Å². The topological polar surface area (TPSA) is 43.6 Å². The Balaban J connectivity index is 2.31. The summed E-state index contributed by atoms with van der Waals surface area (Å²) in [5.41, 5.74) is 1.98. The van der Waals surface area contributed by atoms with Gasteiger partial charge in [0.25, 0.3) is 0 Å². The molecule has 4 nitrogen and oxygen atoms in total. The van der Waals surface area contributed by atoms with Crippen LogP contribution in [0.5, 0.6) is 0 Å². The fourth-order valence-corrected chi connectivity index (χ4v) is 1.29. The van der Waals surface area contributed by atoms with E-state index in [0.29, 0.717) is 5.92 Å². The zero-order chi connectivity index (χ0) is 10.8. The van der Waals surface area contributed by atoms with E-state index >= 15 is 0 Å². The second-order valence-electron chi connectivity index (χ2n) is 3.86. The zero-order valence-corrected chi connectivity index (χ0v) is 9.18. The third-order valence-corrected chi connectivity index (χ3v) is 2.21. The van der Waals surface area contributed by atoms with Crippen LogP contribution < -0.4 is 0 Å². The molecule has 0 fully saturated rings. The molecule has 0 amide bonds. The van der Waals surface area contributed by atoms with Gasteiger partial charge in [-0.25, -0.2) is 9.67 Å². The average molecular weight is 202 g/mol. The smallest absolute Gasteiger partial charge is 0.171 e. The Labute approximate surface area is 89.0 Å². The molecule has 0 unspecified atom stereocenters. The standard InChI is InChI=1S/C11H14N4/c1-8(2)10-6-13-11(7-12-10)15-5-4-9(3)14-15/h4-8H,1-3H3. The lowest BCUT2D eigenvalue weighted by atomic mass is 10.1. The minimum absolute atomic E-state index is 0.408. The van der Waals surface area contributed by atoms with Gasteiger partial charge in [-0.2, -0.15) is 5.10 Å². The van der Waals surface area contributed by atoms with Crippen molar-refractivity contribution in [2.24, 2.45) is 0 Å². The molecule has 0 saturated carbocycles. The van der Waals surface area contributed by atoms with Gasteiger partial charge in [0.2, 0.25) is 0 Å². The fourth-order valence-electron chi connectivity index (χ4n) is 1.29. The summed E-state index contributed by atoms with van der Waals surface area (Å²) in [4.78, 5) is 8.66. The lowest BCUT2D eigenvalue weighted by molar-refractivity contribution is 0.780. The number of hydrogen-bond acceptors (Lipinski definition) is 3. The largest absolute Gasteiger partial charge is 0.255 e. The third kappa shape index (κ3) is 2.03. The molecule has 2 heterocycles. The molecule has 0 spiro atoms. The zero-order valence-electron chi connectivity index (χ0n) is 9.18. The summed E-state index contributed by atoms with van der Waals surface area (Å²) in [7, 11) is 0. The summed E-state index contributed by atoms with van der Waals surface area (Å²) in [5, 5.41) is 4.27. The maximum Gasteiger partial charge on any atom is 0.171 e. The molecule has 0 aromatic carbocycles. The Morgan fingerprint density at radius 1 is 1.20 bits per heavy atom. The highest BCUT2D eigenvalue weighted by molar-refractivity contribution is 5.19. The van der Waals surface area contributed by atoms with E-state index in [1.807, 2.05) is 19.2 Å². The highest BCUT2D eigenvalue weighted by Gasteiger charge is 2.03. The molecular formula is C11H14N4. The van der Waals surface area contributed by atoms with Crippen LogP contribution in [-0.4, -0.2) is 19.7 Å². The first-order chi connectivity index (χ1) is 7.16. The van der Waals surface area contributed by atoms with Crippen LogP contribution in [0.2, 0.25) is 0 Å². The predicted molar refractivity (Wildman–Crippen MR) is 58.0 cm³/mol. The van der Waals surface area contributed by atoms with Crippen molar-refractivity contribution in [2.75, 3.05) is 0 Å². The van der Waals surface area contributed by atoms with E-state index < -0.39 is 0 Å². The highest BCUT2D eigenvalue weighted by Crippen LogP contribution is 2.10. The Morgan fingerprint density at radius 3 is 2.47 bits per heavy atom. The van der Waals surface area contributed by atoms with Gasteiger partial charge in [0.1, 0.15) is 0 Å². The van der Waals surface area contributed by atoms with Gasteiger partial charge in [-0.15, -0.1) is 0 Å². The minimum atomic E-state index is 0.408. The highest BCUT2D eigenvalue weighted by atomic mass is 15.3. The molecular weight excluding hydrogens is 188 g/mol. The molecule has 78 valence electrons. The van der Waals surface area contributed by atoms with Crippen LogP contribution in [0.15, 0.2) is 24.7 Å². The lowest BCUT2D eigenvalue weighted by Crippen LogP contribution is -2.01. The van der Waals surface area contributed by atoms with Crippen molar-refractivity contribution in [1.82, 2.24) is 19.7 Å². The lowest BCUT2D eigenvalue weighted by Gasteiger charge is -2.04. The van der Waals surface area contributed by atoms with Crippen LogP contribution in [0.25, 0.3) is 5.82 Å². The van der Waals surface area contributed by atoms with Crippen molar-refractivity contribution in [1.29, 1.82) is 0 Å². The molecule has 0 aliphatic rings. The van der Waals surface area contributed by atoms with Crippen LogP contribution in [-0.2, 0) is 0 Å². The quantitative estimate of drug-likeness (QED) is 0.749. The van der Waals surface area contributed by atoms with Crippen molar-refractivity contribution in [3.8, 4) is 5.82 Å². The van der Waals surface area contributed by atoms with Crippen molar-refractivity contribution < 1.29 is 0 Å². The van der Waals surface area contributed by atoms with E-state index in [2.05, 4.69) is 28.9 Å². The average Bonchev–Trinajstić information content (AvgIpc) is 2.65. The van der Waals surface area contributed by atoms with Crippen LogP contribution in [0.1, 0.15) is 31.2 Å². The summed E-state index contributed by atoms with van der Waals surface area (Å²) in [6.07, 6.45) is 5.44. The van der Waals surface area contributed by atoms with E-state index in [-0.39, 0.29) is 0 Å². The number of rotatable bonds is 2. The molecule has 4 heteroatoms. The molecule has 0 aliphatic heterocycles. The third-order valence-electron chi connectivity index (χ3n) is 2.21. The van der Waals surface area contributed by atoms with Crippen LogP contribution in [0.4, 0.5) is 0 Å². The molecule has 0 atom stereocenters. The van der Waals surface area contributed by atoms with Gasteiger partial charge in [0.05, 0.1) is 23.8 Å². The molecule has 15 heavy (non-hydrogen) atoms. The number of aromatic nitrogens is 4. The first-order valence-electron chi connectivity index (χ1n) is 5.01. The van der Waals surface area contributed by atoms with Gasteiger partial charge in [-0.05, 0) is 18.9 Å². The van der Waals surface area contributed by atoms with E-state index in [0.717, 1.165) is 17.2 Å². The van der Waals surface area contributed by atoms with Gasteiger partial charge in [0, 0.05) is 6.20 Å². The molecule has 2 aromatic heterocycles. The molecule has 2 aromatic rings.